The molecule has 0 atom stereocenters. The Balaban J connectivity index is 1.73. The van der Waals surface area contributed by atoms with Gasteiger partial charge < -0.3 is 4.74 Å². The maximum atomic E-state index is 13.7. The Bertz CT molecular complexity index is 1200. The molecule has 0 N–H and O–H groups in total. The number of rotatable bonds is 8. The van der Waals surface area contributed by atoms with Gasteiger partial charge in [0.2, 0.25) is 0 Å². The van der Waals surface area contributed by atoms with Crippen molar-refractivity contribution in [2.24, 2.45) is 0 Å². The molecule has 1 aliphatic rings. The minimum Gasteiger partial charge on any atom is -0.494 e. The highest BCUT2D eigenvalue weighted by molar-refractivity contribution is 8.03. The minimum absolute atomic E-state index is 0.268. The number of amides is 2. The van der Waals surface area contributed by atoms with Crippen LogP contribution in [-0.2, 0) is 15.3 Å². The van der Waals surface area contributed by atoms with Crippen molar-refractivity contribution in [1.29, 1.82) is 0 Å². The summed E-state index contributed by atoms with van der Waals surface area (Å²) >= 11 is 1.41. The van der Waals surface area contributed by atoms with E-state index in [1.54, 1.807) is 0 Å². The van der Waals surface area contributed by atoms with Crippen LogP contribution in [0.25, 0.3) is 5.57 Å². The van der Waals surface area contributed by atoms with Crippen LogP contribution in [0.3, 0.4) is 0 Å². The van der Waals surface area contributed by atoms with E-state index in [9.17, 15) is 9.59 Å². The normalized spacial score (nSPS) is 13.7. The first-order valence-electron chi connectivity index (χ1n) is 11.1. The number of nitrogens with zero attached hydrogens (tertiary/aromatic N) is 1. The Labute approximate surface area is 199 Å². The number of carbonyl (C=O) groups excluding carboxylic acids is 2. The van der Waals surface area contributed by atoms with Crippen LogP contribution in [0.5, 0.6) is 5.75 Å². The minimum atomic E-state index is -0.286. The zero-order chi connectivity index (χ0) is 23.4. The van der Waals surface area contributed by atoms with Gasteiger partial charge in [0.15, 0.2) is 0 Å². The molecule has 4 rings (SSSR count). The molecule has 4 nitrogen and oxygen atoms in total. The lowest BCUT2D eigenvalue weighted by Crippen LogP contribution is -2.32. The van der Waals surface area contributed by atoms with Crippen LogP contribution in [0.15, 0.2) is 77.7 Å². The number of benzene rings is 3. The van der Waals surface area contributed by atoms with Crippen molar-refractivity contribution in [1.82, 2.24) is 0 Å². The molecule has 0 unspecified atom stereocenters. The molecule has 168 valence electrons. The Morgan fingerprint density at radius 1 is 0.848 bits per heavy atom. The average Bonchev–Trinajstić information content (AvgIpc) is 3.08. The SMILES string of the molecule is CCCOc1ccc(C2=C(SCc3ccccc3)C(=O)N(c3cccc(C)c3C)C2=O)cc1. The second-order valence-corrected chi connectivity index (χ2v) is 9.00. The van der Waals surface area contributed by atoms with E-state index in [0.717, 1.165) is 34.4 Å². The highest BCUT2D eigenvalue weighted by Gasteiger charge is 2.40. The van der Waals surface area contributed by atoms with Crippen molar-refractivity contribution in [3.63, 3.8) is 0 Å². The average molecular weight is 458 g/mol. The Kier molecular flexibility index (Phi) is 6.99. The fourth-order valence-electron chi connectivity index (χ4n) is 3.76. The van der Waals surface area contributed by atoms with Crippen LogP contribution in [0, 0.1) is 13.8 Å². The lowest BCUT2D eigenvalue weighted by molar-refractivity contribution is -0.119. The molecule has 5 heteroatoms. The number of thioether (sulfide) groups is 1. The topological polar surface area (TPSA) is 46.6 Å². The largest absolute Gasteiger partial charge is 0.494 e. The van der Waals surface area contributed by atoms with E-state index < -0.39 is 0 Å². The quantitative estimate of drug-likeness (QED) is 0.372. The molecule has 1 heterocycles. The van der Waals surface area contributed by atoms with E-state index in [1.807, 2.05) is 86.6 Å². The molecule has 3 aromatic rings. The van der Waals surface area contributed by atoms with E-state index in [0.29, 0.717) is 28.5 Å². The maximum absolute atomic E-state index is 13.7. The van der Waals surface area contributed by atoms with Crippen LogP contribution in [0.1, 0.15) is 35.6 Å². The van der Waals surface area contributed by atoms with E-state index in [1.165, 1.54) is 16.7 Å². The first-order valence-corrected chi connectivity index (χ1v) is 12.1. The molecule has 0 spiro atoms. The highest BCUT2D eigenvalue weighted by atomic mass is 32.2. The zero-order valence-corrected chi connectivity index (χ0v) is 19.9. The van der Waals surface area contributed by atoms with E-state index in [4.69, 9.17) is 4.74 Å². The van der Waals surface area contributed by atoms with E-state index >= 15 is 0 Å². The Morgan fingerprint density at radius 3 is 2.27 bits per heavy atom. The van der Waals surface area contributed by atoms with Gasteiger partial charge in [0.05, 0.1) is 22.8 Å². The molecule has 1 aliphatic heterocycles. The first kappa shape index (κ1) is 22.9. The molecule has 0 bridgehead atoms. The molecule has 0 saturated carbocycles. The zero-order valence-electron chi connectivity index (χ0n) is 19.1. The molecule has 2 amide bonds. The smallest absolute Gasteiger partial charge is 0.272 e. The number of ether oxygens (including phenoxy) is 1. The summed E-state index contributed by atoms with van der Waals surface area (Å²) in [4.78, 5) is 29.1. The molecular weight excluding hydrogens is 430 g/mol. The van der Waals surface area contributed by atoms with Crippen LogP contribution in [0.2, 0.25) is 0 Å². The fourth-order valence-corrected chi connectivity index (χ4v) is 4.83. The number of carbonyl (C=O) groups is 2. The number of anilines is 1. The van der Waals surface area contributed by atoms with Gasteiger partial charge in [-0.2, -0.15) is 0 Å². The molecule has 0 aromatic heterocycles. The Hall–Kier alpha value is -3.31. The Morgan fingerprint density at radius 2 is 1.58 bits per heavy atom. The molecule has 33 heavy (non-hydrogen) atoms. The number of imide groups is 1. The standard InChI is InChI=1S/C28H27NO3S/c1-4-17-32-23-15-13-22(14-16-23)25-26(33-18-21-10-6-5-7-11-21)28(31)29(27(25)30)24-12-8-9-19(2)20(24)3/h5-16H,4,17-18H2,1-3H3. The third kappa shape index (κ3) is 4.74. The second kappa shape index (κ2) is 10.1. The molecular formula is C28H27NO3S. The summed E-state index contributed by atoms with van der Waals surface area (Å²) in [5, 5.41) is 0. The second-order valence-electron chi connectivity index (χ2n) is 8.02. The van der Waals surface area contributed by atoms with Gasteiger partial charge in [-0.15, -0.1) is 11.8 Å². The van der Waals surface area contributed by atoms with Crippen LogP contribution in [0.4, 0.5) is 5.69 Å². The van der Waals surface area contributed by atoms with Crippen molar-refractivity contribution in [3.8, 4) is 5.75 Å². The fraction of sp³-hybridized carbons (Fsp3) is 0.214. The van der Waals surface area contributed by atoms with Gasteiger partial charge in [0.1, 0.15) is 5.75 Å². The van der Waals surface area contributed by atoms with Crippen LogP contribution >= 0.6 is 11.8 Å². The lowest BCUT2D eigenvalue weighted by atomic mass is 10.1. The number of hydrogen-bond acceptors (Lipinski definition) is 4. The van der Waals surface area contributed by atoms with Crippen molar-refractivity contribution in [2.75, 3.05) is 11.5 Å². The summed E-state index contributed by atoms with van der Waals surface area (Å²) < 4.78 is 5.69. The molecule has 0 radical (unpaired) electrons. The summed E-state index contributed by atoms with van der Waals surface area (Å²) in [5.74, 6) is 0.807. The van der Waals surface area contributed by atoms with Crippen molar-refractivity contribution < 1.29 is 14.3 Å². The summed E-state index contributed by atoms with van der Waals surface area (Å²) in [6.45, 7) is 6.62. The first-order chi connectivity index (χ1) is 16.0. The summed E-state index contributed by atoms with van der Waals surface area (Å²) in [6.07, 6.45) is 0.922. The van der Waals surface area contributed by atoms with Gasteiger partial charge in [-0.05, 0) is 60.7 Å². The van der Waals surface area contributed by atoms with Gasteiger partial charge in [-0.1, -0.05) is 61.5 Å². The van der Waals surface area contributed by atoms with Gasteiger partial charge in [0.25, 0.3) is 11.8 Å². The van der Waals surface area contributed by atoms with E-state index in [-0.39, 0.29) is 11.8 Å². The van der Waals surface area contributed by atoms with Crippen molar-refractivity contribution in [3.05, 3.63) is 100.0 Å². The predicted octanol–water partition coefficient (Wildman–Crippen LogP) is 6.31. The van der Waals surface area contributed by atoms with Gasteiger partial charge in [-0.25, -0.2) is 4.90 Å². The summed E-state index contributed by atoms with van der Waals surface area (Å²) in [5.41, 5.74) is 4.88. The van der Waals surface area contributed by atoms with Crippen molar-refractivity contribution in [2.45, 2.75) is 32.9 Å². The third-order valence-corrected chi connectivity index (χ3v) is 6.85. The van der Waals surface area contributed by atoms with Gasteiger partial charge in [0, 0.05) is 5.75 Å². The lowest BCUT2D eigenvalue weighted by Gasteiger charge is -2.19. The van der Waals surface area contributed by atoms with Crippen molar-refractivity contribution >= 4 is 34.8 Å². The summed E-state index contributed by atoms with van der Waals surface area (Å²) in [6, 6.07) is 23.1. The molecule has 0 fully saturated rings. The monoisotopic (exact) mass is 457 g/mol. The predicted molar refractivity (Wildman–Crippen MR) is 135 cm³/mol. The summed E-state index contributed by atoms with van der Waals surface area (Å²) in [7, 11) is 0. The molecule has 0 aliphatic carbocycles. The molecule has 0 saturated heterocycles. The highest BCUT2D eigenvalue weighted by Crippen LogP contribution is 2.41. The van der Waals surface area contributed by atoms with E-state index in [2.05, 4.69) is 6.92 Å². The van der Waals surface area contributed by atoms with Crippen LogP contribution < -0.4 is 9.64 Å². The third-order valence-electron chi connectivity index (χ3n) is 5.70. The number of hydrogen-bond donors (Lipinski definition) is 0. The molecule has 3 aromatic carbocycles. The van der Waals surface area contributed by atoms with Gasteiger partial charge in [-0.3, -0.25) is 9.59 Å². The number of aryl methyl sites for hydroxylation is 1. The van der Waals surface area contributed by atoms with Gasteiger partial charge >= 0.3 is 0 Å². The maximum Gasteiger partial charge on any atom is 0.272 e. The van der Waals surface area contributed by atoms with Crippen LogP contribution in [-0.4, -0.2) is 18.4 Å².